The molecule has 1 aliphatic rings. The van der Waals surface area contributed by atoms with Crippen LogP contribution >= 0.6 is 0 Å². The number of carbonyl (C=O) groups excluding carboxylic acids is 2. The minimum Gasteiger partial charge on any atom is -0.326 e. The van der Waals surface area contributed by atoms with Gasteiger partial charge in [0.25, 0.3) is 5.91 Å². The van der Waals surface area contributed by atoms with Crippen molar-refractivity contribution in [2.24, 2.45) is 0 Å². The second-order valence-electron chi connectivity index (χ2n) is 7.38. The summed E-state index contributed by atoms with van der Waals surface area (Å²) in [5.74, 6) is -0.517. The van der Waals surface area contributed by atoms with E-state index < -0.39 is 29.7 Å². The molecular weight excluding hydrogens is 445 g/mol. The third-order valence-corrected chi connectivity index (χ3v) is 5.26. The van der Waals surface area contributed by atoms with Crippen LogP contribution in [0, 0.1) is 11.3 Å². The average molecular weight is 466 g/mol. The second kappa shape index (κ2) is 9.67. The molecule has 0 aromatic heterocycles. The zero-order valence-corrected chi connectivity index (χ0v) is 18.4. The smallest absolute Gasteiger partial charge is 0.326 e. The van der Waals surface area contributed by atoms with E-state index in [0.29, 0.717) is 11.1 Å². The summed E-state index contributed by atoms with van der Waals surface area (Å²) in [5, 5.41) is 11.8. The number of anilines is 1. The summed E-state index contributed by atoms with van der Waals surface area (Å²) < 4.78 is 39.8. The molecule has 1 heterocycles. The molecule has 1 N–H and O–H groups in total. The van der Waals surface area contributed by atoms with Crippen LogP contribution in [0.3, 0.4) is 0 Å². The van der Waals surface area contributed by atoms with Gasteiger partial charge in [-0.3, -0.25) is 14.6 Å². The maximum Gasteiger partial charge on any atom is 0.416 e. The van der Waals surface area contributed by atoms with Crippen LogP contribution in [-0.2, 0) is 11.0 Å². The van der Waals surface area contributed by atoms with Gasteiger partial charge in [0.2, 0.25) is 0 Å². The Morgan fingerprint density at radius 3 is 2.47 bits per heavy atom. The Morgan fingerprint density at radius 2 is 1.91 bits per heavy atom. The number of nitriles is 1. The lowest BCUT2D eigenvalue weighted by Crippen LogP contribution is -2.49. The van der Waals surface area contributed by atoms with Crippen molar-refractivity contribution in [3.8, 4) is 6.07 Å². The van der Waals surface area contributed by atoms with E-state index in [0.717, 1.165) is 17.0 Å². The first-order chi connectivity index (χ1) is 16.1. The lowest BCUT2D eigenvalue weighted by Gasteiger charge is -2.36. The first-order valence-electron chi connectivity index (χ1n) is 10.2. The standard InChI is InChI=1S/C25H21F3N4O2/c1-4-13-31(5-2)23(33)21-16(3)32(20-8-6-7-19(14-20)25(26,27)28)24(34)30-22(21)18-11-9-17(15-29)10-12-18/h4-14,22H,2H2,1,3H3,(H,30,34)/b13-4-/t22-/m1/s1. The molecule has 0 radical (unpaired) electrons. The number of nitrogens with one attached hydrogen (secondary N) is 1. The number of rotatable bonds is 5. The van der Waals surface area contributed by atoms with Crippen LogP contribution in [0.1, 0.15) is 36.6 Å². The number of nitrogens with zero attached hydrogens (tertiary/aromatic N) is 3. The number of alkyl halides is 3. The monoisotopic (exact) mass is 466 g/mol. The van der Waals surface area contributed by atoms with Gasteiger partial charge >= 0.3 is 12.2 Å². The van der Waals surface area contributed by atoms with Crippen LogP contribution in [0.2, 0.25) is 0 Å². The van der Waals surface area contributed by atoms with E-state index in [-0.39, 0.29) is 17.0 Å². The molecule has 174 valence electrons. The summed E-state index contributed by atoms with van der Waals surface area (Å²) in [6, 6.07) is 11.0. The zero-order valence-electron chi connectivity index (χ0n) is 18.4. The molecule has 0 saturated carbocycles. The van der Waals surface area contributed by atoms with Gasteiger partial charge in [-0.05, 0) is 49.7 Å². The van der Waals surface area contributed by atoms with Crippen LogP contribution < -0.4 is 10.2 Å². The summed E-state index contributed by atoms with van der Waals surface area (Å²) in [5.41, 5.74) is 0.271. The fourth-order valence-corrected chi connectivity index (χ4v) is 3.66. The van der Waals surface area contributed by atoms with Gasteiger partial charge < -0.3 is 5.32 Å². The molecule has 0 bridgehead atoms. The number of amides is 3. The Bertz CT molecular complexity index is 1220. The number of urea groups is 1. The van der Waals surface area contributed by atoms with Gasteiger partial charge in [0.15, 0.2) is 0 Å². The van der Waals surface area contributed by atoms with Gasteiger partial charge in [0.1, 0.15) is 0 Å². The van der Waals surface area contributed by atoms with E-state index in [1.807, 2.05) is 6.07 Å². The van der Waals surface area contributed by atoms with Crippen molar-refractivity contribution >= 4 is 17.6 Å². The van der Waals surface area contributed by atoms with Gasteiger partial charge in [-0.1, -0.05) is 30.9 Å². The van der Waals surface area contributed by atoms with Crippen molar-refractivity contribution in [3.63, 3.8) is 0 Å². The van der Waals surface area contributed by atoms with Crippen molar-refractivity contribution in [3.05, 3.63) is 102 Å². The lowest BCUT2D eigenvalue weighted by molar-refractivity contribution is -0.137. The maximum absolute atomic E-state index is 13.5. The first-order valence-corrected chi connectivity index (χ1v) is 10.2. The fraction of sp³-hybridized carbons (Fsp3) is 0.160. The van der Waals surface area contributed by atoms with E-state index in [1.165, 1.54) is 36.4 Å². The highest BCUT2D eigenvalue weighted by Crippen LogP contribution is 2.37. The Balaban J connectivity index is 2.20. The zero-order chi connectivity index (χ0) is 25.0. The number of benzene rings is 2. The van der Waals surface area contributed by atoms with Gasteiger partial charge in [-0.15, -0.1) is 0 Å². The summed E-state index contributed by atoms with van der Waals surface area (Å²) in [4.78, 5) is 28.8. The van der Waals surface area contributed by atoms with Gasteiger partial charge in [-0.25, -0.2) is 4.79 Å². The summed E-state index contributed by atoms with van der Waals surface area (Å²) >= 11 is 0. The fourth-order valence-electron chi connectivity index (χ4n) is 3.66. The van der Waals surface area contributed by atoms with Crippen molar-refractivity contribution in [1.82, 2.24) is 10.2 Å². The molecule has 0 spiro atoms. The molecule has 1 aliphatic heterocycles. The van der Waals surface area contributed by atoms with E-state index in [2.05, 4.69) is 11.9 Å². The molecule has 9 heteroatoms. The minimum absolute atomic E-state index is 0.0374. The highest BCUT2D eigenvalue weighted by molar-refractivity contribution is 6.05. The quantitative estimate of drug-likeness (QED) is 0.621. The SMILES string of the molecule is C=CN(/C=C\C)C(=O)C1=C(C)N(c2cccc(C(F)(F)F)c2)C(=O)N[C@@H]1c1ccc(C#N)cc1. The molecule has 3 rings (SSSR count). The molecule has 34 heavy (non-hydrogen) atoms. The van der Waals surface area contributed by atoms with Gasteiger partial charge in [-0.2, -0.15) is 18.4 Å². The highest BCUT2D eigenvalue weighted by Gasteiger charge is 2.38. The topological polar surface area (TPSA) is 76.4 Å². The number of hydrogen-bond donors (Lipinski definition) is 1. The van der Waals surface area contributed by atoms with Gasteiger partial charge in [0.05, 0.1) is 34.5 Å². The molecular formula is C25H21F3N4O2. The molecule has 0 saturated heterocycles. The van der Waals surface area contributed by atoms with E-state index >= 15 is 0 Å². The highest BCUT2D eigenvalue weighted by atomic mass is 19.4. The van der Waals surface area contributed by atoms with Crippen LogP contribution in [0.15, 0.2) is 84.9 Å². The predicted molar refractivity (Wildman–Crippen MR) is 121 cm³/mol. The van der Waals surface area contributed by atoms with Crippen molar-refractivity contribution in [2.45, 2.75) is 26.1 Å². The number of halogens is 3. The van der Waals surface area contributed by atoms with Crippen molar-refractivity contribution < 1.29 is 22.8 Å². The molecule has 2 aromatic carbocycles. The number of carbonyl (C=O) groups is 2. The molecule has 3 amide bonds. The molecule has 0 unspecified atom stereocenters. The summed E-state index contributed by atoms with van der Waals surface area (Å²) in [6.45, 7) is 6.85. The van der Waals surface area contributed by atoms with Crippen molar-refractivity contribution in [1.29, 1.82) is 5.26 Å². The molecule has 2 aromatic rings. The Labute approximate surface area is 194 Å². The van der Waals surface area contributed by atoms with Crippen LogP contribution in [-0.4, -0.2) is 16.8 Å². The van der Waals surface area contributed by atoms with E-state index in [9.17, 15) is 22.8 Å². The van der Waals surface area contributed by atoms with E-state index in [4.69, 9.17) is 5.26 Å². The van der Waals surface area contributed by atoms with Crippen LogP contribution in [0.5, 0.6) is 0 Å². The summed E-state index contributed by atoms with van der Waals surface area (Å²) in [6.07, 6.45) is -0.201. The van der Waals surface area contributed by atoms with Crippen LogP contribution in [0.25, 0.3) is 0 Å². The Kier molecular flexibility index (Phi) is 6.92. The third-order valence-electron chi connectivity index (χ3n) is 5.26. The molecule has 0 aliphatic carbocycles. The second-order valence-corrected chi connectivity index (χ2v) is 7.38. The predicted octanol–water partition coefficient (Wildman–Crippen LogP) is 5.63. The number of allylic oxidation sites excluding steroid dienone is 2. The van der Waals surface area contributed by atoms with Gasteiger partial charge in [0, 0.05) is 18.1 Å². The largest absolute Gasteiger partial charge is 0.416 e. The van der Waals surface area contributed by atoms with E-state index in [1.54, 1.807) is 37.3 Å². The number of hydrogen-bond acceptors (Lipinski definition) is 3. The molecule has 0 fully saturated rings. The lowest BCUT2D eigenvalue weighted by atomic mass is 9.93. The molecule has 6 nitrogen and oxygen atoms in total. The van der Waals surface area contributed by atoms with Crippen LogP contribution in [0.4, 0.5) is 23.7 Å². The maximum atomic E-state index is 13.5. The minimum atomic E-state index is -4.60. The third kappa shape index (κ3) is 4.71. The first kappa shape index (κ1) is 24.3. The Hall–Kier alpha value is -4.32. The average Bonchev–Trinajstić information content (AvgIpc) is 2.81. The normalized spacial score (nSPS) is 16.3. The Morgan fingerprint density at radius 1 is 1.24 bits per heavy atom. The summed E-state index contributed by atoms with van der Waals surface area (Å²) in [7, 11) is 0. The van der Waals surface area contributed by atoms with Crippen molar-refractivity contribution in [2.75, 3.05) is 4.90 Å². The molecule has 1 atom stereocenters.